The van der Waals surface area contributed by atoms with Gasteiger partial charge in [-0.15, -0.1) is 0 Å². The Bertz CT molecular complexity index is 594. The zero-order valence-electron chi connectivity index (χ0n) is 10.7. The fraction of sp³-hybridized carbons (Fsp3) is 0.200. The van der Waals surface area contributed by atoms with Crippen molar-refractivity contribution in [2.45, 2.75) is 19.7 Å². The molecule has 0 aliphatic rings. The summed E-state index contributed by atoms with van der Waals surface area (Å²) in [5, 5.41) is 0. The Hall–Kier alpha value is -1.24. The van der Waals surface area contributed by atoms with E-state index in [2.05, 4.69) is 0 Å². The van der Waals surface area contributed by atoms with Gasteiger partial charge in [-0.3, -0.25) is 0 Å². The molecule has 0 amide bonds. The Balaban J connectivity index is 2.31. The summed E-state index contributed by atoms with van der Waals surface area (Å²) in [7, 11) is 0. The average Bonchev–Trinajstić information content (AvgIpc) is 2.37. The van der Waals surface area contributed by atoms with E-state index in [0.29, 0.717) is 9.13 Å². The average molecular weight is 392 g/mol. The Morgan fingerprint density at radius 3 is 2.35 bits per heavy atom. The van der Waals surface area contributed by atoms with E-state index >= 15 is 0 Å². The van der Waals surface area contributed by atoms with Crippen LogP contribution in [0.4, 0.5) is 13.2 Å². The van der Waals surface area contributed by atoms with Gasteiger partial charge in [0.2, 0.25) is 0 Å². The zero-order chi connectivity index (χ0) is 14.8. The van der Waals surface area contributed by atoms with Gasteiger partial charge in [-0.05, 0) is 52.8 Å². The van der Waals surface area contributed by atoms with Crippen LogP contribution in [0.25, 0.3) is 0 Å². The van der Waals surface area contributed by atoms with Crippen LogP contribution in [0.3, 0.4) is 0 Å². The summed E-state index contributed by atoms with van der Waals surface area (Å²) >= 11 is 1.87. The van der Waals surface area contributed by atoms with Gasteiger partial charge < -0.3 is 4.74 Å². The molecule has 0 unspecified atom stereocenters. The summed E-state index contributed by atoms with van der Waals surface area (Å²) in [5.74, 6) is -0.104. The van der Waals surface area contributed by atoms with E-state index in [1.54, 1.807) is 13.0 Å². The Kier molecular flexibility index (Phi) is 4.57. The highest BCUT2D eigenvalue weighted by atomic mass is 127. The van der Waals surface area contributed by atoms with Gasteiger partial charge in [0.25, 0.3) is 0 Å². The van der Waals surface area contributed by atoms with Crippen LogP contribution in [-0.2, 0) is 12.8 Å². The molecule has 2 aromatic rings. The molecule has 0 radical (unpaired) electrons. The SMILES string of the molecule is Cc1cc(I)c(OCc2ccccc2)c(C(F)(F)F)c1. The van der Waals surface area contributed by atoms with E-state index in [-0.39, 0.29) is 12.4 Å². The number of ether oxygens (including phenoxy) is 1. The Morgan fingerprint density at radius 2 is 1.75 bits per heavy atom. The Labute approximate surface area is 128 Å². The van der Waals surface area contributed by atoms with Crippen molar-refractivity contribution in [3.05, 3.63) is 62.7 Å². The minimum atomic E-state index is -4.42. The molecule has 0 heterocycles. The lowest BCUT2D eigenvalue weighted by atomic mass is 10.1. The Morgan fingerprint density at radius 1 is 1.10 bits per heavy atom. The van der Waals surface area contributed by atoms with Crippen molar-refractivity contribution in [3.63, 3.8) is 0 Å². The molecule has 0 spiro atoms. The van der Waals surface area contributed by atoms with Crippen LogP contribution in [-0.4, -0.2) is 0 Å². The lowest BCUT2D eigenvalue weighted by molar-refractivity contribution is -0.139. The smallest absolute Gasteiger partial charge is 0.420 e. The molecular formula is C15H12F3IO. The van der Waals surface area contributed by atoms with Crippen LogP contribution in [0, 0.1) is 10.5 Å². The molecule has 0 aliphatic carbocycles. The predicted octanol–water partition coefficient (Wildman–Crippen LogP) is 5.20. The van der Waals surface area contributed by atoms with Gasteiger partial charge in [0.15, 0.2) is 0 Å². The highest BCUT2D eigenvalue weighted by molar-refractivity contribution is 14.1. The number of rotatable bonds is 3. The van der Waals surface area contributed by atoms with Crippen LogP contribution in [0.2, 0.25) is 0 Å². The van der Waals surface area contributed by atoms with Crippen LogP contribution < -0.4 is 4.74 Å². The molecule has 0 N–H and O–H groups in total. The summed E-state index contributed by atoms with van der Waals surface area (Å²) < 4.78 is 45.0. The third-order valence-corrected chi connectivity index (χ3v) is 3.52. The van der Waals surface area contributed by atoms with E-state index in [0.717, 1.165) is 11.6 Å². The molecular weight excluding hydrogens is 380 g/mol. The summed E-state index contributed by atoms with van der Waals surface area (Å²) in [6, 6.07) is 11.9. The zero-order valence-corrected chi connectivity index (χ0v) is 12.8. The lowest BCUT2D eigenvalue weighted by Crippen LogP contribution is -2.10. The summed E-state index contributed by atoms with van der Waals surface area (Å²) in [6.45, 7) is 1.75. The van der Waals surface area contributed by atoms with Crippen LogP contribution >= 0.6 is 22.6 Å². The first kappa shape index (κ1) is 15.2. The molecule has 5 heteroatoms. The van der Waals surface area contributed by atoms with Gasteiger partial charge in [-0.1, -0.05) is 30.3 Å². The fourth-order valence-corrected chi connectivity index (χ4v) is 2.75. The normalized spacial score (nSPS) is 11.4. The number of benzene rings is 2. The van der Waals surface area contributed by atoms with E-state index in [4.69, 9.17) is 4.74 Å². The monoisotopic (exact) mass is 392 g/mol. The van der Waals surface area contributed by atoms with Gasteiger partial charge >= 0.3 is 6.18 Å². The molecule has 0 aliphatic heterocycles. The molecule has 1 nitrogen and oxygen atoms in total. The molecule has 0 aromatic heterocycles. The molecule has 0 bridgehead atoms. The van der Waals surface area contributed by atoms with Gasteiger partial charge in [0, 0.05) is 0 Å². The fourth-order valence-electron chi connectivity index (χ4n) is 1.82. The van der Waals surface area contributed by atoms with Crippen LogP contribution in [0.1, 0.15) is 16.7 Å². The molecule has 0 saturated heterocycles. The molecule has 20 heavy (non-hydrogen) atoms. The first-order valence-electron chi connectivity index (χ1n) is 5.92. The maximum atomic E-state index is 13.1. The maximum Gasteiger partial charge on any atom is 0.420 e. The van der Waals surface area contributed by atoms with Crippen molar-refractivity contribution in [2.75, 3.05) is 0 Å². The topological polar surface area (TPSA) is 9.23 Å². The van der Waals surface area contributed by atoms with Crippen LogP contribution in [0.5, 0.6) is 5.75 Å². The van der Waals surface area contributed by atoms with Gasteiger partial charge in [-0.2, -0.15) is 13.2 Å². The van der Waals surface area contributed by atoms with Crippen molar-refractivity contribution in [1.82, 2.24) is 0 Å². The van der Waals surface area contributed by atoms with Crippen molar-refractivity contribution in [3.8, 4) is 5.75 Å². The first-order chi connectivity index (χ1) is 9.38. The van der Waals surface area contributed by atoms with E-state index < -0.39 is 11.7 Å². The molecule has 0 atom stereocenters. The van der Waals surface area contributed by atoms with Gasteiger partial charge in [0.1, 0.15) is 12.4 Å². The van der Waals surface area contributed by atoms with Crippen LogP contribution in [0.15, 0.2) is 42.5 Å². The van der Waals surface area contributed by atoms with Gasteiger partial charge in [-0.25, -0.2) is 0 Å². The summed E-state index contributed by atoms with van der Waals surface area (Å²) in [4.78, 5) is 0. The predicted molar refractivity (Wildman–Crippen MR) is 79.7 cm³/mol. The number of halogens is 4. The minimum Gasteiger partial charge on any atom is -0.487 e. The molecule has 106 valence electrons. The second-order valence-corrected chi connectivity index (χ2v) is 5.56. The summed E-state index contributed by atoms with van der Waals surface area (Å²) in [5.41, 5.74) is 0.670. The van der Waals surface area contributed by atoms with E-state index in [9.17, 15) is 13.2 Å². The van der Waals surface area contributed by atoms with Crippen molar-refractivity contribution in [1.29, 1.82) is 0 Å². The second kappa shape index (κ2) is 6.03. The van der Waals surface area contributed by atoms with Crippen molar-refractivity contribution >= 4 is 22.6 Å². The highest BCUT2D eigenvalue weighted by Crippen LogP contribution is 2.39. The molecule has 2 rings (SSSR count). The third kappa shape index (κ3) is 3.65. The van der Waals surface area contributed by atoms with Gasteiger partial charge in [0.05, 0.1) is 9.13 Å². The molecule has 2 aromatic carbocycles. The number of alkyl halides is 3. The largest absolute Gasteiger partial charge is 0.487 e. The lowest BCUT2D eigenvalue weighted by Gasteiger charge is -2.16. The van der Waals surface area contributed by atoms with E-state index in [1.165, 1.54) is 0 Å². The standard InChI is InChI=1S/C15H12F3IO/c1-10-7-12(15(16,17)18)14(13(19)8-10)20-9-11-5-3-2-4-6-11/h2-8H,9H2,1H3. The quantitative estimate of drug-likeness (QED) is 0.653. The van der Waals surface area contributed by atoms with E-state index in [1.807, 2.05) is 52.9 Å². The van der Waals surface area contributed by atoms with Crippen molar-refractivity contribution in [2.24, 2.45) is 0 Å². The highest BCUT2D eigenvalue weighted by Gasteiger charge is 2.35. The second-order valence-electron chi connectivity index (χ2n) is 4.40. The molecule has 0 fully saturated rings. The summed E-state index contributed by atoms with van der Waals surface area (Å²) in [6.07, 6.45) is -4.42. The maximum absolute atomic E-state index is 13.1. The third-order valence-electron chi connectivity index (χ3n) is 2.72. The number of aryl methyl sites for hydroxylation is 1. The van der Waals surface area contributed by atoms with Crippen molar-refractivity contribution < 1.29 is 17.9 Å². The molecule has 0 saturated carbocycles. The first-order valence-corrected chi connectivity index (χ1v) is 7.00. The minimum absolute atomic E-state index is 0.104. The number of hydrogen-bond acceptors (Lipinski definition) is 1. The number of hydrogen-bond donors (Lipinski definition) is 0.